The van der Waals surface area contributed by atoms with Gasteiger partial charge in [-0.2, -0.15) is 4.76 Å². The number of rotatable bonds is 8. The lowest BCUT2D eigenvalue weighted by atomic mass is 9.88. The predicted octanol–water partition coefficient (Wildman–Crippen LogP) is 4.21. The second kappa shape index (κ2) is 8.57. The molecule has 1 aromatic carbocycles. The van der Waals surface area contributed by atoms with Crippen LogP contribution < -0.4 is 4.74 Å². The van der Waals surface area contributed by atoms with Gasteiger partial charge in [0.15, 0.2) is 11.5 Å². The Kier molecular flexibility index (Phi) is 5.98. The number of methoxy groups -OCH3 is 1. The summed E-state index contributed by atoms with van der Waals surface area (Å²) in [7, 11) is 0.226. The minimum atomic E-state index is -3.76. The summed E-state index contributed by atoms with van der Waals surface area (Å²) < 4.78 is 37.9. The van der Waals surface area contributed by atoms with E-state index in [1.807, 2.05) is 4.90 Å². The van der Waals surface area contributed by atoms with Crippen molar-refractivity contribution in [3.63, 3.8) is 0 Å². The molecule has 1 aliphatic carbocycles. The zero-order valence-electron chi connectivity index (χ0n) is 17.9. The zero-order chi connectivity index (χ0) is 23.0. The standard InChI is InChI=1S/C20H24N3O8P/c1-28-17-10-15-13(8-16(17)24)9-18(21-32(27,29-2)30-3)22(20(15)12-4-5-12)11-14-6-7-19(31-14)23(25)26/h6-8,10,12,20,24H,4-5,9,11H2,1-3H3/b21-18-. The Labute approximate surface area is 184 Å². The molecule has 1 fully saturated rings. The molecule has 172 valence electrons. The molecule has 0 saturated heterocycles. The van der Waals surface area contributed by atoms with Crippen LogP contribution in [0.4, 0.5) is 5.88 Å². The number of phenols is 1. The largest absolute Gasteiger partial charge is 0.504 e. The topological polar surface area (TPSA) is 137 Å². The SMILES string of the molecule is COc1cc2c(cc1O)C/C(=N/P(=O)(OC)OC)N(Cc1ccc([N+](=O)[O-])o1)C2C1CC1. The van der Waals surface area contributed by atoms with E-state index in [9.17, 15) is 19.8 Å². The molecular weight excluding hydrogens is 441 g/mol. The van der Waals surface area contributed by atoms with Crippen molar-refractivity contribution in [2.24, 2.45) is 10.7 Å². The number of ether oxygens (including phenoxy) is 1. The van der Waals surface area contributed by atoms with E-state index in [0.717, 1.165) is 24.0 Å². The number of nitro groups is 1. The highest BCUT2D eigenvalue weighted by atomic mass is 31.2. The Bertz CT molecular complexity index is 1100. The van der Waals surface area contributed by atoms with Crippen LogP contribution in [0.3, 0.4) is 0 Å². The summed E-state index contributed by atoms with van der Waals surface area (Å²) in [6.45, 7) is 0.171. The van der Waals surface area contributed by atoms with Crippen molar-refractivity contribution >= 4 is 19.5 Å². The summed E-state index contributed by atoms with van der Waals surface area (Å²) in [6.07, 6.45) is 2.19. The molecule has 0 amide bonds. The number of hydrogen-bond acceptors (Lipinski definition) is 8. The van der Waals surface area contributed by atoms with Crippen molar-refractivity contribution in [1.82, 2.24) is 4.90 Å². The third kappa shape index (κ3) is 4.23. The van der Waals surface area contributed by atoms with Crippen molar-refractivity contribution in [3.05, 3.63) is 51.3 Å². The Morgan fingerprint density at radius 2 is 2.00 bits per heavy atom. The molecule has 0 bridgehead atoms. The van der Waals surface area contributed by atoms with Crippen molar-refractivity contribution < 1.29 is 32.8 Å². The van der Waals surface area contributed by atoms with Gasteiger partial charge in [-0.3, -0.25) is 19.2 Å². The molecule has 2 heterocycles. The summed E-state index contributed by atoms with van der Waals surface area (Å²) in [6, 6.07) is 6.08. The van der Waals surface area contributed by atoms with Crippen LogP contribution in [0.15, 0.2) is 33.4 Å². The molecule has 0 radical (unpaired) electrons. The Morgan fingerprint density at radius 3 is 2.56 bits per heavy atom. The maximum atomic E-state index is 12.8. The highest BCUT2D eigenvalue weighted by Crippen LogP contribution is 2.53. The van der Waals surface area contributed by atoms with Crippen molar-refractivity contribution in [2.75, 3.05) is 21.3 Å². The molecule has 1 aliphatic heterocycles. The molecule has 1 N–H and O–H groups in total. The van der Waals surface area contributed by atoms with Gasteiger partial charge in [0.25, 0.3) is 0 Å². The van der Waals surface area contributed by atoms with E-state index in [4.69, 9.17) is 18.2 Å². The van der Waals surface area contributed by atoms with E-state index in [2.05, 4.69) is 4.76 Å². The number of benzene rings is 1. The lowest BCUT2D eigenvalue weighted by Crippen LogP contribution is -2.41. The molecule has 4 rings (SSSR count). The van der Waals surface area contributed by atoms with Gasteiger partial charge in [-0.25, -0.2) is 4.57 Å². The van der Waals surface area contributed by atoms with Crippen LogP contribution in [0.2, 0.25) is 0 Å². The molecule has 11 nitrogen and oxygen atoms in total. The van der Waals surface area contributed by atoms with Crippen LogP contribution in [-0.2, 0) is 26.6 Å². The third-order valence-corrected chi connectivity index (χ3v) is 7.10. The summed E-state index contributed by atoms with van der Waals surface area (Å²) in [4.78, 5) is 12.4. The molecule has 2 aliphatic rings. The van der Waals surface area contributed by atoms with E-state index >= 15 is 0 Å². The molecule has 32 heavy (non-hydrogen) atoms. The molecule has 0 spiro atoms. The molecule has 2 aromatic rings. The molecular formula is C20H24N3O8P. The number of amidine groups is 1. The van der Waals surface area contributed by atoms with Gasteiger partial charge in [-0.15, -0.1) is 0 Å². The highest BCUT2D eigenvalue weighted by Gasteiger charge is 2.43. The first kappa shape index (κ1) is 22.3. The normalized spacial score (nSPS) is 19.8. The Morgan fingerprint density at radius 1 is 1.28 bits per heavy atom. The summed E-state index contributed by atoms with van der Waals surface area (Å²) in [5.41, 5.74) is 1.77. The minimum Gasteiger partial charge on any atom is -0.504 e. The second-order valence-electron chi connectivity index (χ2n) is 7.66. The van der Waals surface area contributed by atoms with Crippen molar-refractivity contribution in [3.8, 4) is 11.5 Å². The number of hydrogen-bond donors (Lipinski definition) is 1. The van der Waals surface area contributed by atoms with Crippen LogP contribution in [0.1, 0.15) is 35.8 Å². The van der Waals surface area contributed by atoms with Gasteiger partial charge in [-0.05, 0) is 48.1 Å². The molecule has 12 heteroatoms. The fourth-order valence-electron chi connectivity index (χ4n) is 4.04. The average molecular weight is 465 g/mol. The first-order valence-electron chi connectivity index (χ1n) is 9.98. The first-order chi connectivity index (χ1) is 15.3. The maximum absolute atomic E-state index is 12.8. The van der Waals surface area contributed by atoms with Gasteiger partial charge >= 0.3 is 13.6 Å². The first-order valence-corrected chi connectivity index (χ1v) is 11.5. The van der Waals surface area contributed by atoms with Crippen molar-refractivity contribution in [1.29, 1.82) is 0 Å². The molecule has 1 unspecified atom stereocenters. The van der Waals surface area contributed by atoms with Gasteiger partial charge in [0.1, 0.15) is 16.5 Å². The van der Waals surface area contributed by atoms with Crippen LogP contribution in [0.5, 0.6) is 11.5 Å². The third-order valence-electron chi connectivity index (χ3n) is 5.70. The summed E-state index contributed by atoms with van der Waals surface area (Å²) >= 11 is 0. The number of fused-ring (bicyclic) bond motifs is 1. The lowest BCUT2D eigenvalue weighted by Gasteiger charge is -2.40. The number of phenolic OH excluding ortho intramolecular Hbond substituents is 1. The van der Waals surface area contributed by atoms with E-state index in [-0.39, 0.29) is 36.6 Å². The zero-order valence-corrected chi connectivity index (χ0v) is 18.8. The quantitative estimate of drug-likeness (QED) is 0.345. The van der Waals surface area contributed by atoms with Crippen LogP contribution in [0, 0.1) is 16.0 Å². The second-order valence-corrected chi connectivity index (χ2v) is 9.52. The van der Waals surface area contributed by atoms with Crippen molar-refractivity contribution in [2.45, 2.75) is 31.8 Å². The number of furan rings is 1. The molecule has 1 aromatic heterocycles. The van der Waals surface area contributed by atoms with E-state index in [1.165, 1.54) is 27.4 Å². The maximum Gasteiger partial charge on any atom is 0.454 e. The average Bonchev–Trinajstić information content (AvgIpc) is 3.50. The fraction of sp³-hybridized carbons (Fsp3) is 0.450. The Hall–Kier alpha value is -2.88. The minimum absolute atomic E-state index is 0.00285. The van der Waals surface area contributed by atoms with Crippen LogP contribution in [0.25, 0.3) is 0 Å². The molecule has 1 saturated carbocycles. The Balaban J connectivity index is 1.83. The smallest absolute Gasteiger partial charge is 0.454 e. The van der Waals surface area contributed by atoms with E-state index in [0.29, 0.717) is 17.3 Å². The predicted molar refractivity (Wildman–Crippen MR) is 114 cm³/mol. The van der Waals surface area contributed by atoms with Gasteiger partial charge in [-0.1, -0.05) is 0 Å². The fourth-order valence-corrected chi connectivity index (χ4v) is 4.82. The number of aromatic hydroxyl groups is 1. The summed E-state index contributed by atoms with van der Waals surface area (Å²) in [5, 5.41) is 21.4. The highest BCUT2D eigenvalue weighted by molar-refractivity contribution is 7.52. The van der Waals surface area contributed by atoms with Gasteiger partial charge in [0.05, 0.1) is 25.8 Å². The van der Waals surface area contributed by atoms with Crippen LogP contribution >= 0.6 is 7.75 Å². The monoisotopic (exact) mass is 465 g/mol. The summed E-state index contributed by atoms with van der Waals surface area (Å²) in [5.74, 6) is 1.06. The van der Waals surface area contributed by atoms with E-state index < -0.39 is 12.7 Å². The van der Waals surface area contributed by atoms with Gasteiger partial charge < -0.3 is 19.2 Å². The number of nitrogens with zero attached hydrogens (tertiary/aromatic N) is 3. The van der Waals surface area contributed by atoms with Crippen LogP contribution in [-0.4, -0.2) is 42.1 Å². The molecule has 1 atom stereocenters. The van der Waals surface area contributed by atoms with E-state index in [1.54, 1.807) is 18.2 Å². The lowest BCUT2D eigenvalue weighted by molar-refractivity contribution is -0.402. The van der Waals surface area contributed by atoms with Gasteiger partial charge in [0, 0.05) is 20.6 Å². The van der Waals surface area contributed by atoms with Gasteiger partial charge in [0.2, 0.25) is 0 Å².